The number of hydrogen-bond donors (Lipinski definition) is 0. The molecule has 0 saturated carbocycles. The Hall–Kier alpha value is -1.09. The first-order valence-electron chi connectivity index (χ1n) is 6.58. The van der Waals surface area contributed by atoms with Gasteiger partial charge in [0.2, 0.25) is 0 Å². The van der Waals surface area contributed by atoms with Gasteiger partial charge in [-0.25, -0.2) is 4.98 Å². The summed E-state index contributed by atoms with van der Waals surface area (Å²) in [5, 5.41) is 0. The van der Waals surface area contributed by atoms with E-state index < -0.39 is 0 Å². The van der Waals surface area contributed by atoms with Gasteiger partial charge in [0.1, 0.15) is 5.82 Å². The molecule has 1 fully saturated rings. The Morgan fingerprint density at radius 2 is 2.00 bits per heavy atom. The summed E-state index contributed by atoms with van der Waals surface area (Å²) in [4.78, 5) is 4.74. The maximum Gasteiger partial charge on any atom is 0.106 e. The molecule has 1 aromatic heterocycles. The van der Waals surface area contributed by atoms with E-state index in [1.807, 2.05) is 0 Å². The van der Waals surface area contributed by atoms with Gasteiger partial charge in [-0.05, 0) is 45.6 Å². The van der Waals surface area contributed by atoms with Gasteiger partial charge in [-0.1, -0.05) is 5.57 Å². The highest BCUT2D eigenvalue weighted by atomic mass is 16.5. The Morgan fingerprint density at radius 1 is 1.24 bits per heavy atom. The number of hydrogen-bond acceptors (Lipinski definition) is 2. The molecule has 0 atom stereocenters. The van der Waals surface area contributed by atoms with E-state index in [1.54, 1.807) is 0 Å². The van der Waals surface area contributed by atoms with Crippen molar-refractivity contribution in [2.45, 2.75) is 45.6 Å². The zero-order chi connectivity index (χ0) is 11.8. The molecule has 92 valence electrons. The summed E-state index contributed by atoms with van der Waals surface area (Å²) >= 11 is 0. The topological polar surface area (TPSA) is 27.1 Å². The highest BCUT2D eigenvalue weighted by Crippen LogP contribution is 2.30. The molecule has 0 unspecified atom stereocenters. The summed E-state index contributed by atoms with van der Waals surface area (Å²) < 4.78 is 7.90. The Morgan fingerprint density at radius 3 is 2.76 bits per heavy atom. The van der Waals surface area contributed by atoms with E-state index in [2.05, 4.69) is 24.5 Å². The second kappa shape index (κ2) is 4.30. The first kappa shape index (κ1) is 11.0. The van der Waals surface area contributed by atoms with E-state index >= 15 is 0 Å². The quantitative estimate of drug-likeness (QED) is 0.744. The van der Waals surface area contributed by atoms with Crippen LogP contribution < -0.4 is 0 Å². The number of fused-ring (bicyclic) bond motifs is 1. The molecule has 3 heteroatoms. The predicted octanol–water partition coefficient (Wildman–Crippen LogP) is 2.89. The zero-order valence-electron chi connectivity index (χ0n) is 10.7. The molecule has 0 N–H and O–H groups in total. The number of rotatable bonds is 1. The van der Waals surface area contributed by atoms with Crippen LogP contribution in [0, 0.1) is 6.92 Å². The van der Waals surface area contributed by atoms with Crippen LogP contribution in [-0.2, 0) is 11.2 Å². The lowest BCUT2D eigenvalue weighted by atomic mass is 10.0. The molecular formula is C14H20N2O. The van der Waals surface area contributed by atoms with Crippen LogP contribution in [0.5, 0.6) is 0 Å². The van der Waals surface area contributed by atoms with Gasteiger partial charge in [-0.3, -0.25) is 0 Å². The van der Waals surface area contributed by atoms with E-state index in [9.17, 15) is 0 Å². The highest BCUT2D eigenvalue weighted by molar-refractivity contribution is 5.55. The Bertz CT molecular complexity index is 453. The number of aryl methyl sites for hydroxylation is 2. The van der Waals surface area contributed by atoms with E-state index in [1.165, 1.54) is 22.8 Å². The summed E-state index contributed by atoms with van der Waals surface area (Å²) in [6.45, 7) is 6.13. The van der Waals surface area contributed by atoms with Crippen LogP contribution >= 0.6 is 0 Å². The minimum Gasteiger partial charge on any atom is -0.381 e. The molecule has 1 saturated heterocycles. The van der Waals surface area contributed by atoms with Crippen LogP contribution in [0.1, 0.15) is 49.4 Å². The van der Waals surface area contributed by atoms with Crippen LogP contribution in [0.15, 0.2) is 5.57 Å². The number of aromatic nitrogens is 2. The van der Waals surface area contributed by atoms with Crippen molar-refractivity contribution in [3.8, 4) is 0 Å². The van der Waals surface area contributed by atoms with Crippen molar-refractivity contribution in [1.82, 2.24) is 9.55 Å². The van der Waals surface area contributed by atoms with E-state index in [-0.39, 0.29) is 0 Å². The fourth-order valence-corrected chi connectivity index (χ4v) is 2.98. The maximum atomic E-state index is 5.45. The Kier molecular flexibility index (Phi) is 2.79. The van der Waals surface area contributed by atoms with Crippen LogP contribution in [0.2, 0.25) is 0 Å². The van der Waals surface area contributed by atoms with Crippen molar-refractivity contribution in [3.63, 3.8) is 0 Å². The van der Waals surface area contributed by atoms with Crippen LogP contribution in [0.25, 0.3) is 6.08 Å². The lowest BCUT2D eigenvalue weighted by molar-refractivity contribution is 0.0689. The maximum absolute atomic E-state index is 5.45. The van der Waals surface area contributed by atoms with Crippen LogP contribution in [-0.4, -0.2) is 22.8 Å². The van der Waals surface area contributed by atoms with Crippen molar-refractivity contribution < 1.29 is 4.74 Å². The van der Waals surface area contributed by atoms with Gasteiger partial charge in [-0.2, -0.15) is 0 Å². The van der Waals surface area contributed by atoms with Crippen molar-refractivity contribution in [3.05, 3.63) is 22.8 Å². The van der Waals surface area contributed by atoms with Gasteiger partial charge in [-0.15, -0.1) is 0 Å². The van der Waals surface area contributed by atoms with Crippen molar-refractivity contribution >= 4 is 6.08 Å². The Balaban J connectivity index is 2.01. The van der Waals surface area contributed by atoms with Gasteiger partial charge >= 0.3 is 0 Å². The lowest BCUT2D eigenvalue weighted by Crippen LogP contribution is -2.21. The summed E-state index contributed by atoms with van der Waals surface area (Å²) in [7, 11) is 0. The molecule has 2 heterocycles. The van der Waals surface area contributed by atoms with Crippen molar-refractivity contribution in [2.75, 3.05) is 13.2 Å². The smallest absolute Gasteiger partial charge is 0.106 e. The molecule has 0 bridgehead atoms. The van der Waals surface area contributed by atoms with E-state index in [0.29, 0.717) is 6.04 Å². The number of imidazole rings is 1. The third-order valence-electron chi connectivity index (χ3n) is 3.90. The molecule has 1 aromatic rings. The third kappa shape index (κ3) is 1.93. The Labute approximate surface area is 102 Å². The molecule has 0 amide bonds. The largest absolute Gasteiger partial charge is 0.381 e. The zero-order valence-corrected chi connectivity index (χ0v) is 10.7. The minimum atomic E-state index is 0.585. The second-order valence-electron chi connectivity index (χ2n) is 5.20. The lowest BCUT2D eigenvalue weighted by Gasteiger charge is -2.26. The molecule has 1 aliphatic heterocycles. The fraction of sp³-hybridized carbons (Fsp3) is 0.643. The SMILES string of the molecule is CC1=Cc2c(nc(C)n2C2CCOCC2)CC1. The highest BCUT2D eigenvalue weighted by Gasteiger charge is 2.23. The monoisotopic (exact) mass is 232 g/mol. The van der Waals surface area contributed by atoms with Gasteiger partial charge in [0.05, 0.1) is 11.4 Å². The number of allylic oxidation sites excluding steroid dienone is 1. The molecule has 3 rings (SSSR count). The summed E-state index contributed by atoms with van der Waals surface area (Å²) in [5.74, 6) is 1.17. The molecule has 0 spiro atoms. The van der Waals surface area contributed by atoms with Gasteiger partial charge < -0.3 is 9.30 Å². The van der Waals surface area contributed by atoms with Gasteiger partial charge in [0.25, 0.3) is 0 Å². The molecule has 0 aromatic carbocycles. The number of nitrogens with zero attached hydrogens (tertiary/aromatic N) is 2. The van der Waals surface area contributed by atoms with E-state index in [0.717, 1.165) is 38.9 Å². The second-order valence-corrected chi connectivity index (χ2v) is 5.20. The van der Waals surface area contributed by atoms with Crippen molar-refractivity contribution in [1.29, 1.82) is 0 Å². The molecule has 1 aliphatic carbocycles. The van der Waals surface area contributed by atoms with Gasteiger partial charge in [0.15, 0.2) is 0 Å². The molecular weight excluding hydrogens is 212 g/mol. The molecule has 17 heavy (non-hydrogen) atoms. The summed E-state index contributed by atoms with van der Waals surface area (Å²) in [5.41, 5.74) is 4.13. The predicted molar refractivity (Wildman–Crippen MR) is 68.0 cm³/mol. The third-order valence-corrected chi connectivity index (χ3v) is 3.90. The molecule has 3 nitrogen and oxygen atoms in total. The average Bonchev–Trinajstić information content (AvgIpc) is 2.65. The van der Waals surface area contributed by atoms with E-state index in [4.69, 9.17) is 9.72 Å². The van der Waals surface area contributed by atoms with Crippen LogP contribution in [0.3, 0.4) is 0 Å². The standard InChI is InChI=1S/C14H20N2O/c1-10-3-4-13-14(9-10)16(11(2)15-13)12-5-7-17-8-6-12/h9,12H,3-8H2,1-2H3. The summed E-state index contributed by atoms with van der Waals surface area (Å²) in [6, 6.07) is 0.585. The first-order valence-corrected chi connectivity index (χ1v) is 6.58. The minimum absolute atomic E-state index is 0.585. The summed E-state index contributed by atoms with van der Waals surface area (Å²) in [6.07, 6.45) is 6.84. The molecule has 2 aliphatic rings. The average molecular weight is 232 g/mol. The van der Waals surface area contributed by atoms with Crippen molar-refractivity contribution in [2.24, 2.45) is 0 Å². The number of ether oxygens (including phenoxy) is 1. The molecule has 0 radical (unpaired) electrons. The first-order chi connectivity index (χ1) is 8.25. The van der Waals surface area contributed by atoms with Gasteiger partial charge in [0, 0.05) is 19.3 Å². The normalized spacial score (nSPS) is 21.2. The van der Waals surface area contributed by atoms with Crippen LogP contribution in [0.4, 0.5) is 0 Å². The fourth-order valence-electron chi connectivity index (χ4n) is 2.98.